The van der Waals surface area contributed by atoms with E-state index in [9.17, 15) is 4.79 Å². The van der Waals surface area contributed by atoms with Crippen LogP contribution in [0, 0.1) is 6.92 Å². The molecule has 0 saturated heterocycles. The molecule has 3 aromatic rings. The number of halogens is 2. The average Bonchev–Trinajstić information content (AvgIpc) is 2.80. The fourth-order valence-corrected chi connectivity index (χ4v) is 2.91. The maximum atomic E-state index is 12.6. The van der Waals surface area contributed by atoms with Crippen molar-refractivity contribution in [3.05, 3.63) is 57.7 Å². The van der Waals surface area contributed by atoms with Gasteiger partial charge in [0.05, 0.1) is 21.3 Å². The smallest absolute Gasteiger partial charge is 0.258 e. The summed E-state index contributed by atoms with van der Waals surface area (Å²) in [7, 11) is 0. The molecular formula is C16H13Cl2N3O. The van der Waals surface area contributed by atoms with Gasteiger partial charge in [0, 0.05) is 22.3 Å². The topological polar surface area (TPSA) is 70.9 Å². The number of anilines is 2. The second-order valence-corrected chi connectivity index (χ2v) is 5.79. The molecule has 1 amide bonds. The lowest BCUT2D eigenvalue weighted by Crippen LogP contribution is -2.13. The molecular weight excluding hydrogens is 321 g/mol. The van der Waals surface area contributed by atoms with E-state index < -0.39 is 0 Å². The summed E-state index contributed by atoms with van der Waals surface area (Å²) in [4.78, 5) is 15.8. The molecule has 0 aliphatic heterocycles. The van der Waals surface area contributed by atoms with Gasteiger partial charge in [-0.05, 0) is 25.1 Å². The highest BCUT2D eigenvalue weighted by Gasteiger charge is 2.16. The number of aromatic nitrogens is 1. The fraction of sp³-hybridized carbons (Fsp3) is 0.0625. The second-order valence-electron chi connectivity index (χ2n) is 4.98. The van der Waals surface area contributed by atoms with Crippen molar-refractivity contribution >= 4 is 51.4 Å². The molecule has 0 radical (unpaired) electrons. The minimum Gasteiger partial charge on any atom is -0.396 e. The van der Waals surface area contributed by atoms with Crippen LogP contribution in [0.5, 0.6) is 0 Å². The van der Waals surface area contributed by atoms with Gasteiger partial charge in [-0.3, -0.25) is 4.79 Å². The van der Waals surface area contributed by atoms with Crippen LogP contribution in [0.3, 0.4) is 0 Å². The van der Waals surface area contributed by atoms with Crippen LogP contribution < -0.4 is 11.1 Å². The van der Waals surface area contributed by atoms with Gasteiger partial charge in [0.1, 0.15) is 0 Å². The minimum absolute atomic E-state index is 0.230. The summed E-state index contributed by atoms with van der Waals surface area (Å²) in [5.41, 5.74) is 8.80. The largest absolute Gasteiger partial charge is 0.396 e. The van der Waals surface area contributed by atoms with E-state index in [-0.39, 0.29) is 5.91 Å². The lowest BCUT2D eigenvalue weighted by atomic mass is 10.1. The number of H-pyrrole nitrogens is 1. The second kappa shape index (κ2) is 5.55. The number of hydrogen-bond acceptors (Lipinski definition) is 2. The molecule has 4 nitrogen and oxygen atoms in total. The molecule has 0 spiro atoms. The highest BCUT2D eigenvalue weighted by molar-refractivity contribution is 6.39. The number of para-hydroxylation sites is 1. The van der Waals surface area contributed by atoms with Gasteiger partial charge in [0.2, 0.25) is 0 Å². The molecule has 0 saturated carbocycles. The molecule has 2 aromatic carbocycles. The van der Waals surface area contributed by atoms with E-state index in [1.54, 1.807) is 12.1 Å². The number of nitrogens with two attached hydrogens (primary N) is 1. The number of carbonyl (C=O) groups is 1. The zero-order chi connectivity index (χ0) is 15.9. The number of rotatable bonds is 2. The van der Waals surface area contributed by atoms with Crippen LogP contribution in [0.2, 0.25) is 10.0 Å². The Labute approximate surface area is 137 Å². The first-order chi connectivity index (χ1) is 10.5. The van der Waals surface area contributed by atoms with Gasteiger partial charge in [0.25, 0.3) is 5.91 Å². The maximum absolute atomic E-state index is 12.6. The molecule has 4 N–H and O–H groups in total. The first-order valence-electron chi connectivity index (χ1n) is 6.60. The van der Waals surface area contributed by atoms with Crippen LogP contribution in [0.4, 0.5) is 11.4 Å². The number of nitrogen functional groups attached to an aromatic ring is 1. The zero-order valence-corrected chi connectivity index (χ0v) is 13.2. The third-order valence-corrected chi connectivity index (χ3v) is 4.08. The number of aryl methyl sites for hydroxylation is 1. The molecule has 0 fully saturated rings. The first-order valence-corrected chi connectivity index (χ1v) is 7.36. The molecule has 0 aliphatic rings. The van der Waals surface area contributed by atoms with E-state index in [4.69, 9.17) is 28.9 Å². The van der Waals surface area contributed by atoms with Crippen molar-refractivity contribution < 1.29 is 4.79 Å². The Bertz CT molecular complexity index is 863. The van der Waals surface area contributed by atoms with E-state index in [2.05, 4.69) is 10.3 Å². The molecule has 6 heteroatoms. The Morgan fingerprint density at radius 1 is 1.18 bits per heavy atom. The van der Waals surface area contributed by atoms with E-state index in [0.717, 1.165) is 16.6 Å². The highest BCUT2D eigenvalue weighted by Crippen LogP contribution is 2.31. The van der Waals surface area contributed by atoms with Gasteiger partial charge < -0.3 is 16.0 Å². The lowest BCUT2D eigenvalue weighted by Gasteiger charge is -2.08. The Balaban J connectivity index is 1.99. The molecule has 1 aromatic heterocycles. The van der Waals surface area contributed by atoms with Gasteiger partial charge in [-0.15, -0.1) is 0 Å². The zero-order valence-electron chi connectivity index (χ0n) is 11.7. The molecule has 112 valence electrons. The summed E-state index contributed by atoms with van der Waals surface area (Å²) in [5, 5.41) is 4.28. The third kappa shape index (κ3) is 2.51. The summed E-state index contributed by atoms with van der Waals surface area (Å²) < 4.78 is 0. The number of carbonyl (C=O) groups excluding carboxylic acids is 1. The lowest BCUT2D eigenvalue weighted by molar-refractivity contribution is 0.102. The normalized spacial score (nSPS) is 10.9. The van der Waals surface area contributed by atoms with E-state index >= 15 is 0 Å². The Morgan fingerprint density at radius 3 is 2.50 bits per heavy atom. The van der Waals surface area contributed by atoms with Crippen LogP contribution in [0.1, 0.15) is 16.1 Å². The van der Waals surface area contributed by atoms with Crippen molar-refractivity contribution in [3.63, 3.8) is 0 Å². The van der Waals surface area contributed by atoms with Gasteiger partial charge in [-0.25, -0.2) is 0 Å². The van der Waals surface area contributed by atoms with Crippen molar-refractivity contribution in [1.29, 1.82) is 0 Å². The summed E-state index contributed by atoms with van der Waals surface area (Å²) >= 11 is 12.0. The molecule has 1 heterocycles. The van der Waals surface area contributed by atoms with Crippen molar-refractivity contribution in [2.75, 3.05) is 11.1 Å². The molecule has 0 bridgehead atoms. The van der Waals surface area contributed by atoms with Crippen molar-refractivity contribution in [2.45, 2.75) is 6.92 Å². The molecule has 0 aliphatic carbocycles. The minimum atomic E-state index is -0.230. The quantitative estimate of drug-likeness (QED) is 0.599. The summed E-state index contributed by atoms with van der Waals surface area (Å²) in [6.07, 6.45) is 0. The highest BCUT2D eigenvalue weighted by atomic mass is 35.5. The number of hydrogen-bond donors (Lipinski definition) is 3. The molecule has 22 heavy (non-hydrogen) atoms. The van der Waals surface area contributed by atoms with Crippen molar-refractivity contribution in [2.24, 2.45) is 0 Å². The van der Waals surface area contributed by atoms with Gasteiger partial charge in [-0.2, -0.15) is 0 Å². The summed E-state index contributed by atoms with van der Waals surface area (Å²) in [5.74, 6) is -0.230. The van der Waals surface area contributed by atoms with Crippen molar-refractivity contribution in [1.82, 2.24) is 4.98 Å². The van der Waals surface area contributed by atoms with E-state index in [1.165, 1.54) is 0 Å². The van der Waals surface area contributed by atoms with Crippen LogP contribution in [0.15, 0.2) is 36.4 Å². The standard InChI is InChI=1S/C16H13Cl2N3O/c1-8-14(10-4-2-3-5-13(10)20-8)16(22)21-9-6-11(17)15(19)12(18)7-9/h2-7,20H,19H2,1H3,(H,21,22). The Morgan fingerprint density at radius 2 is 1.82 bits per heavy atom. The average molecular weight is 334 g/mol. The first kappa shape index (κ1) is 14.8. The maximum Gasteiger partial charge on any atom is 0.258 e. The number of fused-ring (bicyclic) bond motifs is 1. The monoisotopic (exact) mass is 333 g/mol. The molecule has 0 atom stereocenters. The van der Waals surface area contributed by atoms with E-state index in [0.29, 0.717) is 27.0 Å². The predicted molar refractivity (Wildman–Crippen MR) is 91.9 cm³/mol. The van der Waals surface area contributed by atoms with Crippen molar-refractivity contribution in [3.8, 4) is 0 Å². The summed E-state index contributed by atoms with van der Waals surface area (Å²) in [6.45, 7) is 1.86. The van der Waals surface area contributed by atoms with Gasteiger partial charge in [-0.1, -0.05) is 41.4 Å². The molecule has 3 rings (SSSR count). The number of aromatic amines is 1. The van der Waals surface area contributed by atoms with Crippen LogP contribution >= 0.6 is 23.2 Å². The summed E-state index contributed by atoms with van der Waals surface area (Å²) in [6, 6.07) is 10.8. The van der Waals surface area contributed by atoms with Gasteiger partial charge in [0.15, 0.2) is 0 Å². The number of amides is 1. The fourth-order valence-electron chi connectivity index (χ4n) is 2.42. The van der Waals surface area contributed by atoms with Crippen LogP contribution in [-0.2, 0) is 0 Å². The Hall–Kier alpha value is -2.17. The molecule has 0 unspecified atom stereocenters. The number of benzene rings is 2. The van der Waals surface area contributed by atoms with Gasteiger partial charge >= 0.3 is 0 Å². The van der Waals surface area contributed by atoms with Crippen LogP contribution in [0.25, 0.3) is 10.9 Å². The van der Waals surface area contributed by atoms with Crippen LogP contribution in [-0.4, -0.2) is 10.9 Å². The predicted octanol–water partition coefficient (Wildman–Crippen LogP) is 4.62. The van der Waals surface area contributed by atoms with E-state index in [1.807, 2.05) is 31.2 Å². The number of nitrogens with one attached hydrogen (secondary N) is 2. The Kier molecular flexibility index (Phi) is 3.72. The SMILES string of the molecule is Cc1[nH]c2ccccc2c1C(=O)Nc1cc(Cl)c(N)c(Cl)c1. The third-order valence-electron chi connectivity index (χ3n) is 3.46.